The number of guanidine groups is 1. The molecule has 0 spiro atoms. The highest BCUT2D eigenvalue weighted by atomic mass is 127. The number of para-hydroxylation sites is 3. The lowest BCUT2D eigenvalue weighted by molar-refractivity contribution is 0.370. The van der Waals surface area contributed by atoms with Gasteiger partial charge in [-0.2, -0.15) is 0 Å². The van der Waals surface area contributed by atoms with Gasteiger partial charge in [0.05, 0.1) is 18.1 Å². The van der Waals surface area contributed by atoms with E-state index in [1.807, 2.05) is 44.2 Å². The standard InChI is InChI=1S/C23H31N5O2.HI/c1-4-24-23(26-15-13-18-9-7-12-21(30-3)22(18)29)25-14-8-16-28-17(2)27-19-10-5-6-11-20(19)28;/h5-7,9-12,29H,4,8,13-16H2,1-3H3,(H2,24,25,26);1H. The van der Waals surface area contributed by atoms with Crippen LogP contribution in [0.4, 0.5) is 0 Å². The van der Waals surface area contributed by atoms with E-state index < -0.39 is 0 Å². The van der Waals surface area contributed by atoms with Crippen molar-refractivity contribution in [3.05, 3.63) is 53.9 Å². The van der Waals surface area contributed by atoms with Crippen LogP contribution in [0.15, 0.2) is 47.5 Å². The molecular formula is C23H32IN5O2. The Bertz CT molecular complexity index is 1000. The van der Waals surface area contributed by atoms with E-state index in [2.05, 4.69) is 31.2 Å². The van der Waals surface area contributed by atoms with Crippen molar-refractivity contribution in [1.29, 1.82) is 0 Å². The smallest absolute Gasteiger partial charge is 0.191 e. The summed E-state index contributed by atoms with van der Waals surface area (Å²) < 4.78 is 7.42. The number of aryl methyl sites for hydroxylation is 2. The van der Waals surface area contributed by atoms with Gasteiger partial charge in [0.25, 0.3) is 0 Å². The fraction of sp³-hybridized carbons (Fsp3) is 0.391. The first-order valence-corrected chi connectivity index (χ1v) is 10.4. The van der Waals surface area contributed by atoms with E-state index in [1.54, 1.807) is 13.2 Å². The number of fused-ring (bicyclic) bond motifs is 1. The number of hydrogen-bond donors (Lipinski definition) is 3. The van der Waals surface area contributed by atoms with Crippen LogP contribution in [0.2, 0.25) is 0 Å². The molecule has 31 heavy (non-hydrogen) atoms. The molecule has 0 saturated heterocycles. The van der Waals surface area contributed by atoms with Crippen molar-refractivity contribution in [2.45, 2.75) is 33.2 Å². The van der Waals surface area contributed by atoms with Crippen molar-refractivity contribution < 1.29 is 9.84 Å². The van der Waals surface area contributed by atoms with Gasteiger partial charge in [-0.25, -0.2) is 4.98 Å². The van der Waals surface area contributed by atoms with Gasteiger partial charge < -0.3 is 25.0 Å². The zero-order valence-corrected chi connectivity index (χ0v) is 20.7. The van der Waals surface area contributed by atoms with E-state index in [-0.39, 0.29) is 29.7 Å². The molecule has 3 rings (SSSR count). The molecule has 8 heteroatoms. The third kappa shape index (κ3) is 6.49. The predicted octanol–water partition coefficient (Wildman–Crippen LogP) is 3.86. The van der Waals surface area contributed by atoms with Crippen molar-refractivity contribution in [1.82, 2.24) is 20.2 Å². The summed E-state index contributed by atoms with van der Waals surface area (Å²) in [6.07, 6.45) is 1.60. The fourth-order valence-corrected chi connectivity index (χ4v) is 3.49. The summed E-state index contributed by atoms with van der Waals surface area (Å²) in [5.41, 5.74) is 3.05. The Hall–Kier alpha value is -2.49. The van der Waals surface area contributed by atoms with Gasteiger partial charge in [0.2, 0.25) is 0 Å². The maximum absolute atomic E-state index is 10.2. The number of phenols is 1. The SMILES string of the molecule is CCNC(=NCCCn1c(C)nc2ccccc21)NCCc1cccc(OC)c1O.I. The number of imidazole rings is 1. The minimum atomic E-state index is 0. The largest absolute Gasteiger partial charge is 0.504 e. The van der Waals surface area contributed by atoms with Gasteiger partial charge in [-0.3, -0.25) is 4.99 Å². The molecule has 0 aliphatic heterocycles. The molecular weight excluding hydrogens is 505 g/mol. The number of rotatable bonds is 9. The summed E-state index contributed by atoms with van der Waals surface area (Å²) in [6.45, 7) is 7.15. The number of nitrogens with zero attached hydrogens (tertiary/aromatic N) is 3. The van der Waals surface area contributed by atoms with Crippen LogP contribution in [0.1, 0.15) is 24.7 Å². The van der Waals surface area contributed by atoms with Gasteiger partial charge in [0.15, 0.2) is 17.5 Å². The molecule has 0 bridgehead atoms. The molecule has 0 aliphatic rings. The predicted molar refractivity (Wildman–Crippen MR) is 137 cm³/mol. The average Bonchev–Trinajstić information content (AvgIpc) is 3.07. The maximum atomic E-state index is 10.2. The lowest BCUT2D eigenvalue weighted by Gasteiger charge is -2.13. The highest BCUT2D eigenvalue weighted by Crippen LogP contribution is 2.29. The van der Waals surface area contributed by atoms with Gasteiger partial charge >= 0.3 is 0 Å². The molecule has 0 atom stereocenters. The van der Waals surface area contributed by atoms with Crippen LogP contribution in [0.3, 0.4) is 0 Å². The Morgan fingerprint density at radius 1 is 1.16 bits per heavy atom. The van der Waals surface area contributed by atoms with Crippen LogP contribution in [-0.4, -0.2) is 47.4 Å². The monoisotopic (exact) mass is 537 g/mol. The van der Waals surface area contributed by atoms with Crippen molar-refractivity contribution in [2.75, 3.05) is 26.7 Å². The van der Waals surface area contributed by atoms with Gasteiger partial charge in [-0.15, -0.1) is 24.0 Å². The number of phenolic OH excluding ortho intramolecular Hbond substituents is 1. The van der Waals surface area contributed by atoms with Crippen molar-refractivity contribution in [3.63, 3.8) is 0 Å². The zero-order chi connectivity index (χ0) is 21.3. The number of hydrogen-bond acceptors (Lipinski definition) is 4. The summed E-state index contributed by atoms with van der Waals surface area (Å²) in [5.74, 6) is 2.51. The Labute approximate surface area is 201 Å². The van der Waals surface area contributed by atoms with E-state index in [0.29, 0.717) is 25.3 Å². The van der Waals surface area contributed by atoms with Crippen LogP contribution >= 0.6 is 24.0 Å². The molecule has 168 valence electrons. The van der Waals surface area contributed by atoms with Gasteiger partial charge in [0, 0.05) is 26.2 Å². The van der Waals surface area contributed by atoms with Crippen LogP contribution in [0.5, 0.6) is 11.5 Å². The van der Waals surface area contributed by atoms with Crippen molar-refractivity contribution >= 4 is 41.0 Å². The van der Waals surface area contributed by atoms with Gasteiger partial charge in [-0.1, -0.05) is 24.3 Å². The van der Waals surface area contributed by atoms with Crippen molar-refractivity contribution in [2.24, 2.45) is 4.99 Å². The minimum Gasteiger partial charge on any atom is -0.504 e. The Balaban J connectivity index is 0.00000341. The van der Waals surface area contributed by atoms with E-state index in [9.17, 15) is 5.11 Å². The Morgan fingerprint density at radius 2 is 1.97 bits per heavy atom. The molecule has 0 unspecified atom stereocenters. The van der Waals surface area contributed by atoms with Gasteiger partial charge in [0.1, 0.15) is 5.82 Å². The first-order valence-electron chi connectivity index (χ1n) is 10.4. The topological polar surface area (TPSA) is 83.7 Å². The molecule has 0 amide bonds. The Morgan fingerprint density at radius 3 is 2.74 bits per heavy atom. The second-order valence-corrected chi connectivity index (χ2v) is 7.06. The third-order valence-corrected chi connectivity index (χ3v) is 4.99. The molecule has 0 radical (unpaired) electrons. The molecule has 1 aromatic heterocycles. The van der Waals surface area contributed by atoms with Crippen molar-refractivity contribution in [3.8, 4) is 11.5 Å². The molecule has 0 fully saturated rings. The van der Waals surface area contributed by atoms with E-state index in [1.165, 1.54) is 5.52 Å². The average molecular weight is 537 g/mol. The zero-order valence-electron chi connectivity index (χ0n) is 18.4. The summed E-state index contributed by atoms with van der Waals surface area (Å²) in [4.78, 5) is 9.30. The Kier molecular flexibility index (Phi) is 9.90. The number of aromatic nitrogens is 2. The number of ether oxygens (including phenoxy) is 1. The first kappa shape index (κ1) is 24.8. The second-order valence-electron chi connectivity index (χ2n) is 7.06. The number of aromatic hydroxyl groups is 1. The maximum Gasteiger partial charge on any atom is 0.191 e. The first-order chi connectivity index (χ1) is 14.6. The third-order valence-electron chi connectivity index (χ3n) is 4.99. The van der Waals surface area contributed by atoms with E-state index >= 15 is 0 Å². The number of aliphatic imine (C=N–C) groups is 1. The summed E-state index contributed by atoms with van der Waals surface area (Å²) in [5, 5.41) is 16.8. The van der Waals surface area contributed by atoms with Crippen LogP contribution < -0.4 is 15.4 Å². The molecule has 0 aliphatic carbocycles. The van der Waals surface area contributed by atoms with Gasteiger partial charge in [-0.05, 0) is 50.5 Å². The summed E-state index contributed by atoms with van der Waals surface area (Å²) >= 11 is 0. The number of nitrogens with one attached hydrogen (secondary N) is 2. The molecule has 0 saturated carbocycles. The number of methoxy groups -OCH3 is 1. The molecule has 3 N–H and O–H groups in total. The quantitative estimate of drug-likeness (QED) is 0.167. The lowest BCUT2D eigenvalue weighted by Crippen LogP contribution is -2.38. The van der Waals surface area contributed by atoms with Crippen LogP contribution in [-0.2, 0) is 13.0 Å². The number of halogens is 1. The summed E-state index contributed by atoms with van der Waals surface area (Å²) in [7, 11) is 1.56. The molecule has 7 nitrogen and oxygen atoms in total. The minimum absolute atomic E-state index is 0. The fourth-order valence-electron chi connectivity index (χ4n) is 3.49. The number of benzene rings is 2. The highest BCUT2D eigenvalue weighted by Gasteiger charge is 2.08. The second kappa shape index (κ2) is 12.4. The van der Waals surface area contributed by atoms with E-state index in [0.717, 1.165) is 42.4 Å². The highest BCUT2D eigenvalue weighted by molar-refractivity contribution is 14.0. The van der Waals surface area contributed by atoms with Crippen LogP contribution in [0.25, 0.3) is 11.0 Å². The van der Waals surface area contributed by atoms with E-state index in [4.69, 9.17) is 4.74 Å². The molecule has 2 aromatic carbocycles. The summed E-state index contributed by atoms with van der Waals surface area (Å²) in [6, 6.07) is 13.8. The molecule has 3 aromatic rings. The molecule has 1 heterocycles. The normalized spacial score (nSPS) is 11.3. The lowest BCUT2D eigenvalue weighted by atomic mass is 10.1. The van der Waals surface area contributed by atoms with Crippen LogP contribution in [0, 0.1) is 6.92 Å².